The third-order valence-electron chi connectivity index (χ3n) is 5.89. The Balaban J connectivity index is 1.64. The van der Waals surface area contributed by atoms with Crippen molar-refractivity contribution in [3.8, 4) is 11.5 Å². The first-order chi connectivity index (χ1) is 13.9. The second-order valence-corrected chi connectivity index (χ2v) is 9.86. The van der Waals surface area contributed by atoms with Gasteiger partial charge in [-0.05, 0) is 70.5 Å². The van der Waals surface area contributed by atoms with Crippen molar-refractivity contribution in [2.24, 2.45) is 17.1 Å². The molecule has 0 spiro atoms. The third-order valence-corrected chi connectivity index (χ3v) is 7.42. The van der Waals surface area contributed by atoms with Gasteiger partial charge in [-0.2, -0.15) is 0 Å². The second-order valence-electron chi connectivity index (χ2n) is 8.62. The normalized spacial score (nSPS) is 23.0. The molecule has 2 aliphatic rings. The van der Waals surface area contributed by atoms with Crippen LogP contribution in [0.3, 0.4) is 0 Å². The molecule has 0 saturated heterocycles. The Bertz CT molecular complexity index is 952. The van der Waals surface area contributed by atoms with Crippen molar-refractivity contribution in [2.75, 3.05) is 0 Å². The van der Waals surface area contributed by atoms with Gasteiger partial charge in [-0.15, -0.1) is 11.8 Å². The van der Waals surface area contributed by atoms with Crippen molar-refractivity contribution in [1.29, 1.82) is 0 Å². The van der Waals surface area contributed by atoms with Gasteiger partial charge in [0.2, 0.25) is 0 Å². The van der Waals surface area contributed by atoms with Crippen LogP contribution in [-0.2, 0) is 11.3 Å². The van der Waals surface area contributed by atoms with Crippen LogP contribution in [0.2, 0.25) is 0 Å². The van der Waals surface area contributed by atoms with Crippen LogP contribution in [0.25, 0.3) is 0 Å². The van der Waals surface area contributed by atoms with Crippen LogP contribution in [0.4, 0.5) is 0 Å². The average Bonchev–Trinajstić information content (AvgIpc) is 3.06. The molecule has 1 heterocycles. The summed E-state index contributed by atoms with van der Waals surface area (Å²) >= 11 is 1.73. The number of benzene rings is 2. The van der Waals surface area contributed by atoms with Crippen LogP contribution in [0.5, 0.6) is 11.5 Å². The number of thioether (sulfide) groups is 1. The Morgan fingerprint density at radius 3 is 2.66 bits per heavy atom. The zero-order valence-electron chi connectivity index (χ0n) is 16.9. The molecular weight excluding hydrogens is 382 g/mol. The first kappa shape index (κ1) is 20.0. The van der Waals surface area contributed by atoms with Gasteiger partial charge in [0.25, 0.3) is 0 Å². The summed E-state index contributed by atoms with van der Waals surface area (Å²) in [5, 5.41) is 9.93. The van der Waals surface area contributed by atoms with E-state index < -0.39 is 11.9 Å². The van der Waals surface area contributed by atoms with Crippen LogP contribution in [0, 0.1) is 11.3 Å². The van der Waals surface area contributed by atoms with E-state index in [1.165, 1.54) is 4.91 Å². The standard InChI is InChI=1S/C24H27NO3S/c1-24(2)11-10-20-19(13-24)21(23(26)27)22(29-20)18-9-8-17(12-15(18)14-25)28-16-6-4-3-5-7-16/h3-9,12,21-22H,10-11,13-14,25H2,1-2H3,(H,26,27). The van der Waals surface area contributed by atoms with Gasteiger partial charge in [-0.25, -0.2) is 0 Å². The summed E-state index contributed by atoms with van der Waals surface area (Å²) in [7, 11) is 0. The SMILES string of the molecule is CC1(C)CCC2=C(C1)C(C(=O)O)C(c1ccc(Oc3ccccc3)cc1CN)S2. The summed E-state index contributed by atoms with van der Waals surface area (Å²) in [6.07, 6.45) is 2.93. The largest absolute Gasteiger partial charge is 0.481 e. The number of carbonyl (C=O) groups is 1. The van der Waals surface area contributed by atoms with E-state index in [1.807, 2.05) is 48.5 Å². The Morgan fingerprint density at radius 2 is 1.97 bits per heavy atom. The number of aliphatic carboxylic acids is 1. The van der Waals surface area contributed by atoms with Gasteiger partial charge in [0.1, 0.15) is 11.5 Å². The number of carboxylic acid groups (broad SMARTS) is 1. The van der Waals surface area contributed by atoms with E-state index in [9.17, 15) is 9.90 Å². The van der Waals surface area contributed by atoms with Gasteiger partial charge in [0, 0.05) is 6.54 Å². The number of rotatable bonds is 5. The molecule has 4 rings (SSSR count). The van der Waals surface area contributed by atoms with Crippen LogP contribution in [-0.4, -0.2) is 11.1 Å². The molecule has 2 atom stereocenters. The number of ether oxygens (including phenoxy) is 1. The van der Waals surface area contributed by atoms with E-state index >= 15 is 0 Å². The number of hydrogen-bond acceptors (Lipinski definition) is 4. The minimum Gasteiger partial charge on any atom is -0.481 e. The number of carboxylic acids is 1. The summed E-state index contributed by atoms with van der Waals surface area (Å²) in [5.74, 6) is 0.258. The molecule has 0 radical (unpaired) electrons. The zero-order chi connectivity index (χ0) is 20.6. The van der Waals surface area contributed by atoms with Gasteiger partial charge in [0.05, 0.1) is 11.2 Å². The Hall–Kier alpha value is -2.24. The highest BCUT2D eigenvalue weighted by atomic mass is 32.2. The number of nitrogens with two attached hydrogens (primary N) is 1. The minimum atomic E-state index is -0.738. The molecule has 1 aliphatic carbocycles. The smallest absolute Gasteiger partial charge is 0.312 e. The first-order valence-corrected chi connectivity index (χ1v) is 10.9. The lowest BCUT2D eigenvalue weighted by molar-refractivity contribution is -0.140. The molecule has 0 saturated carbocycles. The van der Waals surface area contributed by atoms with Crippen molar-refractivity contribution in [1.82, 2.24) is 0 Å². The van der Waals surface area contributed by atoms with Crippen molar-refractivity contribution >= 4 is 17.7 Å². The molecule has 5 heteroatoms. The zero-order valence-corrected chi connectivity index (χ0v) is 17.7. The van der Waals surface area contributed by atoms with Gasteiger partial charge in [-0.1, -0.05) is 38.1 Å². The van der Waals surface area contributed by atoms with E-state index in [2.05, 4.69) is 13.8 Å². The summed E-state index contributed by atoms with van der Waals surface area (Å²) in [5.41, 5.74) is 9.30. The van der Waals surface area contributed by atoms with Gasteiger partial charge in [-0.3, -0.25) is 4.79 Å². The second kappa shape index (κ2) is 7.88. The fourth-order valence-electron chi connectivity index (χ4n) is 4.38. The van der Waals surface area contributed by atoms with Gasteiger partial charge in [0.15, 0.2) is 0 Å². The van der Waals surface area contributed by atoms with Crippen molar-refractivity contribution in [3.05, 3.63) is 70.1 Å². The number of allylic oxidation sites excluding steroid dienone is 1. The Labute approximate surface area is 176 Å². The summed E-state index contributed by atoms with van der Waals surface area (Å²) in [6, 6.07) is 15.5. The molecule has 3 N–H and O–H groups in total. The first-order valence-electron chi connectivity index (χ1n) is 10.0. The van der Waals surface area contributed by atoms with Crippen molar-refractivity contribution < 1.29 is 14.6 Å². The lowest BCUT2D eigenvalue weighted by atomic mass is 9.73. The number of hydrogen-bond donors (Lipinski definition) is 2. The molecule has 0 amide bonds. The summed E-state index contributed by atoms with van der Waals surface area (Å²) < 4.78 is 5.95. The van der Waals surface area contributed by atoms with Gasteiger partial charge < -0.3 is 15.6 Å². The average molecular weight is 410 g/mol. The summed E-state index contributed by atoms with van der Waals surface area (Å²) in [6.45, 7) is 4.81. The lowest BCUT2D eigenvalue weighted by Crippen LogP contribution is -2.25. The van der Waals surface area contributed by atoms with E-state index in [0.29, 0.717) is 12.3 Å². The predicted molar refractivity (Wildman–Crippen MR) is 117 cm³/mol. The quantitative estimate of drug-likeness (QED) is 0.644. The molecule has 0 fully saturated rings. The van der Waals surface area contributed by atoms with Crippen molar-refractivity contribution in [3.63, 3.8) is 0 Å². The van der Waals surface area contributed by atoms with E-state index in [4.69, 9.17) is 10.5 Å². The Kier molecular flexibility index (Phi) is 5.45. The van der Waals surface area contributed by atoms with E-state index in [-0.39, 0.29) is 10.7 Å². The molecule has 0 bridgehead atoms. The topological polar surface area (TPSA) is 72.5 Å². The third kappa shape index (κ3) is 4.07. The maximum atomic E-state index is 12.3. The molecule has 0 aromatic heterocycles. The maximum Gasteiger partial charge on any atom is 0.312 e. The lowest BCUT2D eigenvalue weighted by Gasteiger charge is -2.31. The van der Waals surface area contributed by atoms with Crippen molar-refractivity contribution in [2.45, 2.75) is 44.9 Å². The highest BCUT2D eigenvalue weighted by Gasteiger charge is 2.45. The van der Waals surface area contributed by atoms with Crippen LogP contribution < -0.4 is 10.5 Å². The summed E-state index contributed by atoms with van der Waals surface area (Å²) in [4.78, 5) is 13.5. The maximum absolute atomic E-state index is 12.3. The Morgan fingerprint density at radius 1 is 1.21 bits per heavy atom. The number of para-hydroxylation sites is 1. The fraction of sp³-hybridized carbons (Fsp3) is 0.375. The molecule has 29 heavy (non-hydrogen) atoms. The van der Waals surface area contributed by atoms with Gasteiger partial charge >= 0.3 is 5.97 Å². The predicted octanol–water partition coefficient (Wildman–Crippen LogP) is 5.89. The van der Waals surface area contributed by atoms with Crippen LogP contribution in [0.1, 0.15) is 49.5 Å². The van der Waals surface area contributed by atoms with E-state index in [0.717, 1.165) is 41.7 Å². The molecule has 1 aliphatic heterocycles. The van der Waals surface area contributed by atoms with E-state index in [1.54, 1.807) is 11.8 Å². The highest BCUT2D eigenvalue weighted by Crippen LogP contribution is 2.59. The van der Waals surface area contributed by atoms with Crippen LogP contribution in [0.15, 0.2) is 59.0 Å². The molecule has 152 valence electrons. The molecule has 4 nitrogen and oxygen atoms in total. The highest BCUT2D eigenvalue weighted by molar-refractivity contribution is 8.03. The molecule has 2 aromatic rings. The minimum absolute atomic E-state index is 0.129. The molecular formula is C24H27NO3S. The molecule has 2 aromatic carbocycles. The fourth-order valence-corrected chi connectivity index (χ4v) is 6.03. The molecule has 2 unspecified atom stereocenters. The monoisotopic (exact) mass is 409 g/mol. The van der Waals surface area contributed by atoms with Crippen LogP contribution >= 0.6 is 11.8 Å².